The molecule has 0 fully saturated rings. The monoisotopic (exact) mass is 201 g/mol. The molecule has 14 heavy (non-hydrogen) atoms. The lowest BCUT2D eigenvalue weighted by molar-refractivity contribution is -0.137. The molecule has 0 saturated carbocycles. The van der Waals surface area contributed by atoms with Crippen LogP contribution in [-0.2, 0) is 6.18 Å². The molecule has 1 aromatic rings. The van der Waals surface area contributed by atoms with Crippen molar-refractivity contribution in [2.45, 2.75) is 6.18 Å². The van der Waals surface area contributed by atoms with E-state index in [2.05, 4.69) is 0 Å². The molecule has 0 unspecified atom stereocenters. The van der Waals surface area contributed by atoms with Gasteiger partial charge in [-0.1, -0.05) is 0 Å². The van der Waals surface area contributed by atoms with Gasteiger partial charge >= 0.3 is 6.18 Å². The molecule has 0 aromatic heterocycles. The number of nitrogens with zero attached hydrogens (tertiary/aromatic N) is 1. The Labute approximate surface area is 78.5 Å². The van der Waals surface area contributed by atoms with E-state index >= 15 is 0 Å². The van der Waals surface area contributed by atoms with Crippen molar-refractivity contribution in [2.75, 3.05) is 7.11 Å². The molecule has 0 radical (unpaired) electrons. The topological polar surface area (TPSA) is 33.0 Å². The fraction of sp³-hybridized carbons (Fsp3) is 0.222. The van der Waals surface area contributed by atoms with Crippen LogP contribution in [0.5, 0.6) is 5.75 Å². The molecule has 0 aliphatic heterocycles. The summed E-state index contributed by atoms with van der Waals surface area (Å²) in [5.74, 6) is 0.139. The van der Waals surface area contributed by atoms with Gasteiger partial charge in [0.2, 0.25) is 0 Å². The highest BCUT2D eigenvalue weighted by molar-refractivity contribution is 5.45. The summed E-state index contributed by atoms with van der Waals surface area (Å²) in [4.78, 5) is 0. The summed E-state index contributed by atoms with van der Waals surface area (Å²) in [7, 11) is 1.30. The minimum Gasteiger partial charge on any atom is -0.495 e. The minimum atomic E-state index is -4.43. The number of hydrogen-bond acceptors (Lipinski definition) is 2. The summed E-state index contributed by atoms with van der Waals surface area (Å²) in [5.41, 5.74) is -0.975. The summed E-state index contributed by atoms with van der Waals surface area (Å²) in [6.07, 6.45) is -4.43. The van der Waals surface area contributed by atoms with Gasteiger partial charge in [-0.15, -0.1) is 0 Å². The van der Waals surface area contributed by atoms with E-state index in [0.717, 1.165) is 18.2 Å². The number of methoxy groups -OCH3 is 1. The predicted octanol–water partition coefficient (Wildman–Crippen LogP) is 2.59. The molecular weight excluding hydrogens is 195 g/mol. The smallest absolute Gasteiger partial charge is 0.416 e. The van der Waals surface area contributed by atoms with Gasteiger partial charge in [0.15, 0.2) is 0 Å². The van der Waals surface area contributed by atoms with E-state index in [-0.39, 0.29) is 11.3 Å². The first kappa shape index (κ1) is 10.4. The van der Waals surface area contributed by atoms with Crippen molar-refractivity contribution >= 4 is 0 Å². The summed E-state index contributed by atoms with van der Waals surface area (Å²) >= 11 is 0. The molecule has 0 N–H and O–H groups in total. The van der Waals surface area contributed by atoms with Crippen LogP contribution in [0.15, 0.2) is 18.2 Å². The van der Waals surface area contributed by atoms with E-state index in [4.69, 9.17) is 10.00 Å². The molecule has 2 nitrogen and oxygen atoms in total. The lowest BCUT2D eigenvalue weighted by atomic mass is 10.1. The van der Waals surface area contributed by atoms with Gasteiger partial charge in [-0.2, -0.15) is 18.4 Å². The first-order chi connectivity index (χ1) is 6.49. The van der Waals surface area contributed by atoms with Crippen LogP contribution in [0.25, 0.3) is 0 Å². The maximum Gasteiger partial charge on any atom is 0.416 e. The predicted molar refractivity (Wildman–Crippen MR) is 42.7 cm³/mol. The van der Waals surface area contributed by atoms with Crippen LogP contribution in [0.1, 0.15) is 11.1 Å². The molecule has 1 rings (SSSR count). The second kappa shape index (κ2) is 3.58. The standard InChI is InChI=1S/C9H6F3NO/c1-14-8-3-2-7(9(10,11)12)4-6(8)5-13/h2-4H,1H3. The van der Waals surface area contributed by atoms with Crippen molar-refractivity contribution in [1.29, 1.82) is 5.26 Å². The van der Waals surface area contributed by atoms with Crippen molar-refractivity contribution < 1.29 is 17.9 Å². The summed E-state index contributed by atoms with van der Waals surface area (Å²) in [6.45, 7) is 0. The lowest BCUT2D eigenvalue weighted by Gasteiger charge is -2.08. The molecule has 74 valence electrons. The van der Waals surface area contributed by atoms with Crippen molar-refractivity contribution in [2.24, 2.45) is 0 Å². The van der Waals surface area contributed by atoms with Crippen LogP contribution < -0.4 is 4.74 Å². The van der Waals surface area contributed by atoms with E-state index in [9.17, 15) is 13.2 Å². The molecule has 0 heterocycles. The van der Waals surface area contributed by atoms with Crippen LogP contribution in [0, 0.1) is 11.3 Å². The molecule has 5 heteroatoms. The zero-order valence-corrected chi connectivity index (χ0v) is 7.22. The van der Waals surface area contributed by atoms with Gasteiger partial charge < -0.3 is 4.74 Å². The van der Waals surface area contributed by atoms with Crippen molar-refractivity contribution in [3.63, 3.8) is 0 Å². The Morgan fingerprint density at radius 2 is 2.00 bits per heavy atom. The van der Waals surface area contributed by atoms with Gasteiger partial charge in [0.25, 0.3) is 0 Å². The highest BCUT2D eigenvalue weighted by atomic mass is 19.4. The van der Waals surface area contributed by atoms with E-state index in [1.165, 1.54) is 7.11 Å². The Morgan fingerprint density at radius 3 is 2.43 bits per heavy atom. The molecule has 0 aliphatic rings. The normalized spacial score (nSPS) is 10.8. The zero-order chi connectivity index (χ0) is 10.8. The quantitative estimate of drug-likeness (QED) is 0.699. The molecule has 0 aliphatic carbocycles. The first-order valence-corrected chi connectivity index (χ1v) is 3.64. The Kier molecular flexibility index (Phi) is 2.65. The van der Waals surface area contributed by atoms with E-state index in [1.54, 1.807) is 6.07 Å². The van der Waals surface area contributed by atoms with E-state index < -0.39 is 11.7 Å². The summed E-state index contributed by atoms with van der Waals surface area (Å²) in [5, 5.41) is 8.54. The highest BCUT2D eigenvalue weighted by Gasteiger charge is 2.31. The SMILES string of the molecule is COc1ccc(C(F)(F)F)cc1C#N. The third-order valence-corrected chi connectivity index (χ3v) is 1.65. The van der Waals surface area contributed by atoms with Crippen LogP contribution in [0.3, 0.4) is 0 Å². The molecule has 0 saturated heterocycles. The van der Waals surface area contributed by atoms with Crippen molar-refractivity contribution in [3.05, 3.63) is 29.3 Å². The third kappa shape index (κ3) is 1.96. The fourth-order valence-corrected chi connectivity index (χ4v) is 0.972. The molecule has 0 bridgehead atoms. The number of ether oxygens (including phenoxy) is 1. The number of rotatable bonds is 1. The number of hydrogen-bond donors (Lipinski definition) is 0. The van der Waals surface area contributed by atoms with Crippen molar-refractivity contribution in [1.82, 2.24) is 0 Å². The number of halogens is 3. The van der Waals surface area contributed by atoms with Gasteiger partial charge in [-0.05, 0) is 18.2 Å². The number of alkyl halides is 3. The molecule has 0 atom stereocenters. The van der Waals surface area contributed by atoms with Gasteiger partial charge in [0.1, 0.15) is 11.8 Å². The lowest BCUT2D eigenvalue weighted by Crippen LogP contribution is -2.05. The minimum absolute atomic E-state index is 0.123. The van der Waals surface area contributed by atoms with Gasteiger partial charge in [0, 0.05) is 0 Å². The average Bonchev–Trinajstić information content (AvgIpc) is 2.15. The number of benzene rings is 1. The van der Waals surface area contributed by atoms with Crippen molar-refractivity contribution in [3.8, 4) is 11.8 Å². The maximum absolute atomic E-state index is 12.2. The second-order valence-corrected chi connectivity index (χ2v) is 2.52. The molecule has 0 amide bonds. The van der Waals surface area contributed by atoms with Crippen LogP contribution in [0.2, 0.25) is 0 Å². The second-order valence-electron chi connectivity index (χ2n) is 2.52. The Morgan fingerprint density at radius 1 is 1.36 bits per heavy atom. The van der Waals surface area contributed by atoms with Crippen LogP contribution in [-0.4, -0.2) is 7.11 Å². The van der Waals surface area contributed by atoms with Crippen LogP contribution in [0.4, 0.5) is 13.2 Å². The molecule has 1 aromatic carbocycles. The fourth-order valence-electron chi connectivity index (χ4n) is 0.972. The first-order valence-electron chi connectivity index (χ1n) is 3.64. The largest absolute Gasteiger partial charge is 0.495 e. The average molecular weight is 201 g/mol. The van der Waals surface area contributed by atoms with Crippen LogP contribution >= 0.6 is 0 Å². The van der Waals surface area contributed by atoms with Gasteiger partial charge in [-0.25, -0.2) is 0 Å². The van der Waals surface area contributed by atoms with Gasteiger partial charge in [-0.3, -0.25) is 0 Å². The van der Waals surface area contributed by atoms with Gasteiger partial charge in [0.05, 0.1) is 18.2 Å². The Balaban J connectivity index is 3.23. The Bertz CT molecular complexity index is 379. The molecular formula is C9H6F3NO. The van der Waals surface area contributed by atoms with E-state index in [0.29, 0.717) is 0 Å². The highest BCUT2D eigenvalue weighted by Crippen LogP contribution is 2.32. The Hall–Kier alpha value is -1.70. The third-order valence-electron chi connectivity index (χ3n) is 1.65. The summed E-state index contributed by atoms with van der Waals surface area (Å²) < 4.78 is 41.3. The number of nitriles is 1. The van der Waals surface area contributed by atoms with E-state index in [1.807, 2.05) is 0 Å². The maximum atomic E-state index is 12.2. The summed E-state index contributed by atoms with van der Waals surface area (Å²) in [6, 6.07) is 4.40. The zero-order valence-electron chi connectivity index (χ0n) is 7.22. The molecule has 0 spiro atoms.